The monoisotopic (exact) mass is 752 g/mol. The number of carbonyl (C=O) groups excluding carboxylic acids is 1. The summed E-state index contributed by atoms with van der Waals surface area (Å²) in [6, 6.07) is 24.5. The molecule has 1 aliphatic rings. The Hall–Kier alpha value is -5.37. The van der Waals surface area contributed by atoms with Crippen molar-refractivity contribution in [2.75, 3.05) is 23.8 Å². The SMILES string of the molecule is CC(C)(C)[Si](C)(C)OC(CNCc1ccc2c(c1)oc(=O)n2CCCCc1ccc(-c2ccccc2)c(NC(=O)O)c1)c1ccc(O)c2c1OCC(=O)N2. The summed E-state index contributed by atoms with van der Waals surface area (Å²) in [5, 5.41) is 28.6. The first-order chi connectivity index (χ1) is 25.7. The molecule has 0 saturated heterocycles. The highest BCUT2D eigenvalue weighted by molar-refractivity contribution is 6.74. The van der Waals surface area contributed by atoms with E-state index in [9.17, 15) is 24.6 Å². The lowest BCUT2D eigenvalue weighted by Gasteiger charge is -2.40. The maximum Gasteiger partial charge on any atom is 0.419 e. The minimum absolute atomic E-state index is 0.0653. The van der Waals surface area contributed by atoms with Gasteiger partial charge in [-0.15, -0.1) is 0 Å². The van der Waals surface area contributed by atoms with E-state index in [1.807, 2.05) is 66.7 Å². The Morgan fingerprint density at radius 3 is 2.50 bits per heavy atom. The number of aryl methyl sites for hydroxylation is 2. The number of rotatable bonds is 14. The third-order valence-electron chi connectivity index (χ3n) is 10.3. The number of carbonyl (C=O) groups is 2. The molecule has 54 heavy (non-hydrogen) atoms. The zero-order valence-corrected chi connectivity index (χ0v) is 32.3. The first kappa shape index (κ1) is 38.4. The molecule has 5 N–H and O–H groups in total. The lowest BCUT2D eigenvalue weighted by molar-refractivity contribution is -0.118. The molecule has 0 saturated carbocycles. The second kappa shape index (κ2) is 15.9. The van der Waals surface area contributed by atoms with E-state index in [-0.39, 0.29) is 29.0 Å². The summed E-state index contributed by atoms with van der Waals surface area (Å²) in [6.07, 6.45) is 0.688. The van der Waals surface area contributed by atoms with Crippen molar-refractivity contribution in [3.63, 3.8) is 0 Å². The Bertz CT molecular complexity index is 2210. The van der Waals surface area contributed by atoms with Crippen LogP contribution in [-0.4, -0.2) is 48.2 Å². The molecular weight excluding hydrogens is 705 g/mol. The molecule has 0 bridgehead atoms. The number of anilines is 2. The van der Waals surface area contributed by atoms with Crippen LogP contribution in [0.3, 0.4) is 0 Å². The van der Waals surface area contributed by atoms with Crippen LogP contribution >= 0.6 is 0 Å². The number of ether oxygens (including phenoxy) is 1. The summed E-state index contributed by atoms with van der Waals surface area (Å²) in [7, 11) is -2.27. The fourth-order valence-electron chi connectivity index (χ4n) is 6.39. The molecule has 12 nitrogen and oxygen atoms in total. The molecule has 0 spiro atoms. The smallest absolute Gasteiger partial charge is 0.419 e. The lowest BCUT2D eigenvalue weighted by atomic mass is 9.99. The number of fused-ring (bicyclic) bond motifs is 2. The Balaban J connectivity index is 1.10. The van der Waals surface area contributed by atoms with E-state index < -0.39 is 26.3 Å². The van der Waals surface area contributed by atoms with E-state index in [1.54, 1.807) is 16.7 Å². The molecule has 1 atom stereocenters. The van der Waals surface area contributed by atoms with Crippen LogP contribution in [0, 0.1) is 0 Å². The van der Waals surface area contributed by atoms with Gasteiger partial charge >= 0.3 is 11.8 Å². The van der Waals surface area contributed by atoms with Gasteiger partial charge in [0.25, 0.3) is 5.91 Å². The number of hydrogen-bond acceptors (Lipinski definition) is 8. The summed E-state index contributed by atoms with van der Waals surface area (Å²) >= 11 is 0. The van der Waals surface area contributed by atoms with Gasteiger partial charge < -0.3 is 34.4 Å². The fraction of sp³-hybridized carbons (Fsp3) is 0.341. The summed E-state index contributed by atoms with van der Waals surface area (Å²) < 4.78 is 20.0. The highest BCUT2D eigenvalue weighted by atomic mass is 28.4. The number of phenolic OH excluding ortho intramolecular Hbond substituents is 1. The van der Waals surface area contributed by atoms with Gasteiger partial charge in [0.2, 0.25) is 0 Å². The van der Waals surface area contributed by atoms with Crippen molar-refractivity contribution in [3.8, 4) is 22.6 Å². The van der Waals surface area contributed by atoms with Crippen LogP contribution in [0.5, 0.6) is 11.5 Å². The van der Waals surface area contributed by atoms with E-state index in [2.05, 4.69) is 49.8 Å². The van der Waals surface area contributed by atoms with Crippen molar-refractivity contribution in [1.82, 2.24) is 9.88 Å². The average molecular weight is 753 g/mol. The standard InChI is InChI=1S/C41H48N4O8Si/c1-41(2,3)54(4,5)53-35(30-17-19-33(46)37-38(30)51-25-36(47)44-37)24-42-23-27-15-18-32-34(22-27)52-40(50)45(32)20-10-9-11-26-14-16-29(28-12-7-6-8-13-28)31(21-26)43-39(48)49/h6-8,12-19,21-22,35,42-43,46H,9-11,20,23-25H2,1-5H3,(H,44,47)(H,48,49). The van der Waals surface area contributed by atoms with Crippen LogP contribution in [0.25, 0.3) is 22.2 Å². The van der Waals surface area contributed by atoms with E-state index in [4.69, 9.17) is 13.6 Å². The van der Waals surface area contributed by atoms with Crippen molar-refractivity contribution in [3.05, 3.63) is 106 Å². The Kier molecular flexibility index (Phi) is 11.3. The molecule has 5 aromatic rings. The number of aromatic hydroxyl groups is 1. The molecule has 284 valence electrons. The molecular formula is C41H48N4O8Si. The predicted molar refractivity (Wildman–Crippen MR) is 212 cm³/mol. The number of amides is 2. The Morgan fingerprint density at radius 1 is 1.00 bits per heavy atom. The fourth-order valence-corrected chi connectivity index (χ4v) is 7.67. The van der Waals surface area contributed by atoms with E-state index >= 15 is 0 Å². The molecule has 13 heteroatoms. The number of hydrogen-bond donors (Lipinski definition) is 5. The van der Waals surface area contributed by atoms with E-state index in [0.29, 0.717) is 36.7 Å². The molecule has 6 rings (SSSR count). The minimum Gasteiger partial charge on any atom is -0.506 e. The maximum absolute atomic E-state index is 12.9. The Labute approximate surface area is 315 Å². The molecule has 1 aliphatic heterocycles. The van der Waals surface area contributed by atoms with Crippen molar-refractivity contribution in [2.45, 2.75) is 77.4 Å². The van der Waals surface area contributed by atoms with Crippen molar-refractivity contribution < 1.29 is 33.4 Å². The number of nitrogens with zero attached hydrogens (tertiary/aromatic N) is 1. The summed E-state index contributed by atoms with van der Waals surface area (Å²) in [6.45, 7) is 12.1. The van der Waals surface area contributed by atoms with Gasteiger partial charge in [0, 0.05) is 30.8 Å². The second-order valence-corrected chi connectivity index (χ2v) is 19.9. The number of aromatic nitrogens is 1. The summed E-state index contributed by atoms with van der Waals surface area (Å²) in [5.74, 6) is -0.407. The van der Waals surface area contributed by atoms with Crippen LogP contribution in [0.1, 0.15) is 56.4 Å². The van der Waals surface area contributed by atoms with Crippen molar-refractivity contribution >= 4 is 42.8 Å². The van der Waals surface area contributed by atoms with Crippen LogP contribution in [0.4, 0.5) is 16.2 Å². The Morgan fingerprint density at radius 2 is 1.76 bits per heavy atom. The summed E-state index contributed by atoms with van der Waals surface area (Å²) in [4.78, 5) is 36.5. The van der Waals surface area contributed by atoms with Gasteiger partial charge in [0.05, 0.1) is 17.3 Å². The summed E-state index contributed by atoms with van der Waals surface area (Å²) in [5.41, 5.74) is 6.42. The molecule has 0 fully saturated rings. The predicted octanol–water partition coefficient (Wildman–Crippen LogP) is 8.26. The number of carboxylic acid groups (broad SMARTS) is 1. The van der Waals surface area contributed by atoms with Gasteiger partial charge in [-0.25, -0.2) is 9.59 Å². The molecule has 1 unspecified atom stereocenters. The maximum atomic E-state index is 12.9. The van der Waals surface area contributed by atoms with E-state index in [0.717, 1.165) is 52.6 Å². The van der Waals surface area contributed by atoms with Crippen LogP contribution in [0.15, 0.2) is 88.1 Å². The third kappa shape index (κ3) is 8.70. The van der Waals surface area contributed by atoms with Gasteiger partial charge in [0.15, 0.2) is 26.3 Å². The van der Waals surface area contributed by atoms with Crippen LogP contribution in [0.2, 0.25) is 18.1 Å². The molecule has 1 aromatic heterocycles. The number of oxazole rings is 1. The minimum atomic E-state index is -2.27. The second-order valence-electron chi connectivity index (χ2n) is 15.2. The topological polar surface area (TPSA) is 164 Å². The van der Waals surface area contributed by atoms with Gasteiger partial charge in [-0.1, -0.05) is 69.3 Å². The number of unbranched alkanes of at least 4 members (excludes halogenated alkanes) is 1. The third-order valence-corrected chi connectivity index (χ3v) is 14.8. The van der Waals surface area contributed by atoms with E-state index in [1.165, 1.54) is 0 Å². The molecule has 0 radical (unpaired) electrons. The average Bonchev–Trinajstić information content (AvgIpc) is 3.43. The zero-order chi connectivity index (χ0) is 38.6. The molecule has 2 amide bonds. The highest BCUT2D eigenvalue weighted by Crippen LogP contribution is 2.45. The number of nitrogens with one attached hydrogen (secondary N) is 3. The highest BCUT2D eigenvalue weighted by Gasteiger charge is 2.40. The number of phenols is 1. The van der Waals surface area contributed by atoms with Gasteiger partial charge in [-0.2, -0.15) is 0 Å². The first-order valence-electron chi connectivity index (χ1n) is 18.2. The quantitative estimate of drug-likeness (QED) is 0.0427. The zero-order valence-electron chi connectivity index (χ0n) is 31.3. The van der Waals surface area contributed by atoms with Crippen LogP contribution in [-0.2, 0) is 28.7 Å². The molecule has 2 heterocycles. The van der Waals surface area contributed by atoms with Crippen molar-refractivity contribution in [1.29, 1.82) is 0 Å². The largest absolute Gasteiger partial charge is 0.506 e. The molecule has 4 aromatic carbocycles. The van der Waals surface area contributed by atoms with Gasteiger partial charge in [-0.05, 0) is 84.4 Å². The first-order valence-corrected chi connectivity index (χ1v) is 21.1. The molecule has 0 aliphatic carbocycles. The van der Waals surface area contributed by atoms with Crippen LogP contribution < -0.4 is 26.4 Å². The van der Waals surface area contributed by atoms with Gasteiger partial charge in [-0.3, -0.25) is 14.7 Å². The normalized spacial score (nSPS) is 13.6. The lowest BCUT2D eigenvalue weighted by Crippen LogP contribution is -2.43. The van der Waals surface area contributed by atoms with Crippen molar-refractivity contribution in [2.24, 2.45) is 0 Å². The number of benzene rings is 4. The van der Waals surface area contributed by atoms with Gasteiger partial charge in [0.1, 0.15) is 11.4 Å².